The molecule has 2 aromatic carbocycles. The Morgan fingerprint density at radius 3 is 2.53 bits per heavy atom. The third kappa shape index (κ3) is 4.40. The van der Waals surface area contributed by atoms with E-state index in [-0.39, 0.29) is 11.8 Å². The first-order valence-electron chi connectivity index (χ1n) is 11.8. The topological polar surface area (TPSA) is 82.6 Å². The van der Waals surface area contributed by atoms with Crippen LogP contribution >= 0.6 is 0 Å². The summed E-state index contributed by atoms with van der Waals surface area (Å²) in [4.78, 5) is 19.8. The van der Waals surface area contributed by atoms with Gasteiger partial charge in [-0.1, -0.05) is 6.07 Å². The van der Waals surface area contributed by atoms with Crippen molar-refractivity contribution in [1.29, 1.82) is 0 Å². The Hall–Kier alpha value is -2.97. The first-order valence-corrected chi connectivity index (χ1v) is 13.3. The highest BCUT2D eigenvalue weighted by Gasteiger charge is 2.32. The summed E-state index contributed by atoms with van der Waals surface area (Å²) in [6.45, 7) is 0.707. The lowest BCUT2D eigenvalue weighted by molar-refractivity contribution is -0.120. The number of aromatic nitrogens is 1. The monoisotopic (exact) mass is 478 g/mol. The number of piperidine rings is 1. The van der Waals surface area contributed by atoms with Crippen LogP contribution in [0, 0.1) is 5.92 Å². The average Bonchev–Trinajstić information content (AvgIpc) is 3.32. The molecular weight excluding hydrogens is 448 g/mol. The van der Waals surface area contributed by atoms with E-state index in [0.717, 1.165) is 47.2 Å². The predicted molar refractivity (Wildman–Crippen MR) is 135 cm³/mol. The van der Waals surface area contributed by atoms with E-state index in [4.69, 9.17) is 0 Å². The standard InChI is InChI=1S/C26H30N4O3S/c1-29(2)25-11-7-21-16-22(8-10-24(21)28-25)27-26(31)19-12-14-30(15-13-19)34(32,33)23-9-6-18-4-3-5-20(18)17-23/h6-11,16-17,19H,3-5,12-15H2,1-2H3,(H,27,31). The van der Waals surface area contributed by atoms with Gasteiger partial charge in [-0.25, -0.2) is 13.4 Å². The van der Waals surface area contributed by atoms with Gasteiger partial charge in [0, 0.05) is 44.2 Å². The lowest BCUT2D eigenvalue weighted by Crippen LogP contribution is -2.41. The molecule has 2 heterocycles. The van der Waals surface area contributed by atoms with Crippen molar-refractivity contribution >= 4 is 38.3 Å². The van der Waals surface area contributed by atoms with Gasteiger partial charge in [0.1, 0.15) is 5.82 Å². The number of aryl methyl sites for hydroxylation is 2. The molecule has 1 N–H and O–H groups in total. The highest BCUT2D eigenvalue weighted by Crippen LogP contribution is 2.29. The summed E-state index contributed by atoms with van der Waals surface area (Å²) in [6.07, 6.45) is 4.09. The number of amides is 1. The van der Waals surface area contributed by atoms with Gasteiger partial charge in [0.15, 0.2) is 0 Å². The quantitative estimate of drug-likeness (QED) is 0.603. The molecule has 1 aliphatic heterocycles. The third-order valence-electron chi connectivity index (χ3n) is 6.93. The number of sulfonamides is 1. The summed E-state index contributed by atoms with van der Waals surface area (Å²) in [5.74, 6) is 0.606. The molecule has 0 unspecified atom stereocenters. The Morgan fingerprint density at radius 1 is 1.00 bits per heavy atom. The summed E-state index contributed by atoms with van der Waals surface area (Å²) < 4.78 is 27.8. The fourth-order valence-electron chi connectivity index (χ4n) is 4.90. The molecular formula is C26H30N4O3S. The molecule has 0 atom stereocenters. The highest BCUT2D eigenvalue weighted by atomic mass is 32.2. The Labute approximate surface area is 200 Å². The van der Waals surface area contributed by atoms with E-state index in [1.54, 1.807) is 6.07 Å². The van der Waals surface area contributed by atoms with Gasteiger partial charge in [-0.05, 0) is 85.7 Å². The van der Waals surface area contributed by atoms with Crippen molar-refractivity contribution in [3.63, 3.8) is 0 Å². The zero-order valence-corrected chi connectivity index (χ0v) is 20.4. The zero-order chi connectivity index (χ0) is 23.9. The van der Waals surface area contributed by atoms with Crippen LogP contribution in [0.2, 0.25) is 0 Å². The van der Waals surface area contributed by atoms with Crippen molar-refractivity contribution in [2.24, 2.45) is 5.92 Å². The summed E-state index contributed by atoms with van der Waals surface area (Å²) in [6, 6.07) is 15.2. The average molecular weight is 479 g/mol. The van der Waals surface area contributed by atoms with Crippen LogP contribution in [0.1, 0.15) is 30.4 Å². The lowest BCUT2D eigenvalue weighted by atomic mass is 9.97. The molecule has 1 fully saturated rings. The predicted octanol–water partition coefficient (Wildman–Crippen LogP) is 3.83. The molecule has 34 heavy (non-hydrogen) atoms. The fraction of sp³-hybridized carbons (Fsp3) is 0.385. The van der Waals surface area contributed by atoms with Crippen LogP contribution < -0.4 is 10.2 Å². The number of rotatable bonds is 5. The minimum absolute atomic E-state index is 0.0631. The van der Waals surface area contributed by atoms with Crippen LogP contribution in [-0.2, 0) is 27.7 Å². The highest BCUT2D eigenvalue weighted by molar-refractivity contribution is 7.89. The molecule has 1 amide bonds. The van der Waals surface area contributed by atoms with E-state index in [2.05, 4.69) is 10.3 Å². The normalized spacial score (nSPS) is 17.0. The fourth-order valence-corrected chi connectivity index (χ4v) is 6.42. The van der Waals surface area contributed by atoms with E-state index in [0.29, 0.717) is 30.8 Å². The molecule has 1 aromatic heterocycles. The number of carbonyl (C=O) groups is 1. The smallest absolute Gasteiger partial charge is 0.243 e. The molecule has 3 aromatic rings. The van der Waals surface area contributed by atoms with Gasteiger partial charge in [-0.15, -0.1) is 0 Å². The Balaban J connectivity index is 1.22. The minimum atomic E-state index is -3.53. The van der Waals surface area contributed by atoms with Gasteiger partial charge < -0.3 is 10.2 Å². The summed E-state index contributed by atoms with van der Waals surface area (Å²) in [5, 5.41) is 3.97. The molecule has 0 radical (unpaired) electrons. The summed E-state index contributed by atoms with van der Waals surface area (Å²) in [7, 11) is 0.364. The molecule has 7 nitrogen and oxygen atoms in total. The molecule has 0 bridgehead atoms. The lowest BCUT2D eigenvalue weighted by Gasteiger charge is -2.30. The van der Waals surface area contributed by atoms with Gasteiger partial charge in [0.25, 0.3) is 0 Å². The van der Waals surface area contributed by atoms with Gasteiger partial charge >= 0.3 is 0 Å². The maximum atomic E-state index is 13.2. The van der Waals surface area contributed by atoms with Gasteiger partial charge in [0.05, 0.1) is 10.4 Å². The molecule has 178 valence electrons. The number of anilines is 2. The number of hydrogen-bond donors (Lipinski definition) is 1. The maximum absolute atomic E-state index is 13.2. The first-order chi connectivity index (χ1) is 16.3. The van der Waals surface area contributed by atoms with Crippen LogP contribution in [0.15, 0.2) is 53.4 Å². The second kappa shape index (κ2) is 9.00. The second-order valence-corrected chi connectivity index (χ2v) is 11.4. The third-order valence-corrected chi connectivity index (χ3v) is 8.83. The van der Waals surface area contributed by atoms with Crippen LogP contribution in [0.5, 0.6) is 0 Å². The summed E-state index contributed by atoms with van der Waals surface area (Å²) >= 11 is 0. The van der Waals surface area contributed by atoms with Crippen molar-refractivity contribution in [2.75, 3.05) is 37.4 Å². The Morgan fingerprint density at radius 2 is 1.76 bits per heavy atom. The molecule has 8 heteroatoms. The number of benzene rings is 2. The SMILES string of the molecule is CN(C)c1ccc2cc(NC(=O)C3CCN(S(=O)(=O)c4ccc5c(c4)CCC5)CC3)ccc2n1. The zero-order valence-electron chi connectivity index (χ0n) is 19.6. The van der Waals surface area contributed by atoms with Crippen LogP contribution in [0.4, 0.5) is 11.5 Å². The van der Waals surface area contributed by atoms with Crippen LogP contribution in [0.25, 0.3) is 10.9 Å². The van der Waals surface area contributed by atoms with Crippen molar-refractivity contribution in [3.8, 4) is 0 Å². The summed E-state index contributed by atoms with van der Waals surface area (Å²) in [5.41, 5.74) is 4.01. The van der Waals surface area contributed by atoms with Crippen LogP contribution in [-0.4, -0.2) is 50.8 Å². The molecule has 5 rings (SSSR count). The first kappa shape index (κ1) is 22.8. The number of fused-ring (bicyclic) bond motifs is 2. The second-order valence-electron chi connectivity index (χ2n) is 9.42. The van der Waals surface area contributed by atoms with E-state index in [1.165, 1.54) is 9.87 Å². The van der Waals surface area contributed by atoms with Crippen molar-refractivity contribution in [2.45, 2.75) is 37.0 Å². The molecule has 1 aliphatic carbocycles. The van der Waals surface area contributed by atoms with Gasteiger partial charge in [0.2, 0.25) is 15.9 Å². The van der Waals surface area contributed by atoms with Gasteiger partial charge in [-0.3, -0.25) is 4.79 Å². The number of pyridine rings is 1. The minimum Gasteiger partial charge on any atom is -0.363 e. The molecule has 0 saturated carbocycles. The number of nitrogens with one attached hydrogen (secondary N) is 1. The number of nitrogens with zero attached hydrogens (tertiary/aromatic N) is 3. The molecule has 2 aliphatic rings. The molecule has 0 spiro atoms. The van der Waals surface area contributed by atoms with Crippen molar-refractivity contribution < 1.29 is 13.2 Å². The number of carbonyl (C=O) groups excluding carboxylic acids is 1. The largest absolute Gasteiger partial charge is 0.363 e. The van der Waals surface area contributed by atoms with Crippen LogP contribution in [0.3, 0.4) is 0 Å². The number of hydrogen-bond acceptors (Lipinski definition) is 5. The van der Waals surface area contributed by atoms with E-state index >= 15 is 0 Å². The van der Waals surface area contributed by atoms with E-state index in [1.807, 2.05) is 61.5 Å². The Kier molecular flexibility index (Phi) is 6.04. The van der Waals surface area contributed by atoms with E-state index < -0.39 is 10.0 Å². The maximum Gasteiger partial charge on any atom is 0.243 e. The Bertz CT molecular complexity index is 1350. The van der Waals surface area contributed by atoms with E-state index in [9.17, 15) is 13.2 Å². The van der Waals surface area contributed by atoms with Crippen molar-refractivity contribution in [3.05, 3.63) is 59.7 Å². The van der Waals surface area contributed by atoms with Gasteiger partial charge in [-0.2, -0.15) is 4.31 Å². The van der Waals surface area contributed by atoms with Crippen molar-refractivity contribution in [1.82, 2.24) is 9.29 Å². The molecule has 1 saturated heterocycles.